The summed E-state index contributed by atoms with van der Waals surface area (Å²) in [5.74, 6) is 3.99. The first-order valence-electron chi connectivity index (χ1n) is 9.52. The van der Waals surface area contributed by atoms with Crippen LogP contribution in [0, 0.1) is 29.1 Å². The Morgan fingerprint density at radius 1 is 1.00 bits per heavy atom. The van der Waals surface area contributed by atoms with Crippen molar-refractivity contribution >= 4 is 0 Å². The van der Waals surface area contributed by atoms with Crippen LogP contribution in [0.15, 0.2) is 0 Å². The van der Waals surface area contributed by atoms with E-state index in [1.807, 2.05) is 0 Å². The number of ether oxygens (including phenoxy) is 1. The summed E-state index contributed by atoms with van der Waals surface area (Å²) in [5, 5.41) is 3.66. The van der Waals surface area contributed by atoms with Crippen molar-refractivity contribution in [3.8, 4) is 0 Å². The quantitative estimate of drug-likeness (QED) is 0.798. The molecule has 5 aliphatic rings. The fraction of sp³-hybridized carbons (Fsp3) is 1.00. The topological polar surface area (TPSA) is 21.3 Å². The van der Waals surface area contributed by atoms with Crippen LogP contribution < -0.4 is 5.32 Å². The van der Waals surface area contributed by atoms with Crippen LogP contribution >= 0.6 is 0 Å². The average molecular weight is 291 g/mol. The van der Waals surface area contributed by atoms with Crippen molar-refractivity contribution in [2.45, 2.75) is 70.3 Å². The number of nitrogens with one attached hydrogen (secondary N) is 1. The first-order chi connectivity index (χ1) is 10.3. The molecule has 0 spiro atoms. The first-order valence-corrected chi connectivity index (χ1v) is 9.52. The molecule has 5 fully saturated rings. The van der Waals surface area contributed by atoms with Crippen LogP contribution in [0.5, 0.6) is 0 Å². The molecular formula is C19H33NO. The Hall–Kier alpha value is -0.0800. The summed E-state index contributed by atoms with van der Waals surface area (Å²) >= 11 is 0. The molecule has 2 heteroatoms. The lowest BCUT2D eigenvalue weighted by atomic mass is 9.48. The van der Waals surface area contributed by atoms with Gasteiger partial charge in [0.05, 0.1) is 6.61 Å². The maximum absolute atomic E-state index is 6.20. The second kappa shape index (κ2) is 5.85. The second-order valence-corrected chi connectivity index (χ2v) is 8.81. The van der Waals surface area contributed by atoms with E-state index in [4.69, 9.17) is 4.74 Å². The molecule has 5 saturated carbocycles. The van der Waals surface area contributed by atoms with E-state index < -0.39 is 0 Å². The lowest BCUT2D eigenvalue weighted by molar-refractivity contribution is -0.0888. The molecule has 0 aliphatic heterocycles. The normalized spacial score (nSPS) is 43.6. The van der Waals surface area contributed by atoms with E-state index in [0.29, 0.717) is 11.5 Å². The van der Waals surface area contributed by atoms with Gasteiger partial charge in [0.2, 0.25) is 0 Å². The van der Waals surface area contributed by atoms with E-state index in [1.54, 1.807) is 0 Å². The molecule has 0 aromatic carbocycles. The Morgan fingerprint density at radius 2 is 1.57 bits per heavy atom. The van der Waals surface area contributed by atoms with Gasteiger partial charge in [-0.1, -0.05) is 12.8 Å². The van der Waals surface area contributed by atoms with Gasteiger partial charge >= 0.3 is 0 Å². The fourth-order valence-corrected chi connectivity index (χ4v) is 6.70. The van der Waals surface area contributed by atoms with Crippen LogP contribution in [0.2, 0.25) is 0 Å². The van der Waals surface area contributed by atoms with Crippen molar-refractivity contribution in [2.75, 3.05) is 20.3 Å². The Labute approximate surface area is 130 Å². The van der Waals surface area contributed by atoms with Gasteiger partial charge in [-0.3, -0.25) is 0 Å². The molecule has 2 nitrogen and oxygen atoms in total. The fourth-order valence-electron chi connectivity index (χ4n) is 6.70. The van der Waals surface area contributed by atoms with E-state index in [1.165, 1.54) is 64.2 Å². The van der Waals surface area contributed by atoms with Gasteiger partial charge in [-0.25, -0.2) is 0 Å². The van der Waals surface area contributed by atoms with E-state index in [9.17, 15) is 0 Å². The average Bonchev–Trinajstić information content (AvgIpc) is 2.95. The van der Waals surface area contributed by atoms with Gasteiger partial charge in [-0.05, 0) is 87.5 Å². The summed E-state index contributed by atoms with van der Waals surface area (Å²) < 4.78 is 6.20. The van der Waals surface area contributed by atoms with E-state index in [2.05, 4.69) is 12.4 Å². The maximum Gasteiger partial charge on any atom is 0.0625 e. The van der Waals surface area contributed by atoms with Crippen molar-refractivity contribution in [1.29, 1.82) is 0 Å². The molecule has 120 valence electrons. The van der Waals surface area contributed by atoms with Gasteiger partial charge < -0.3 is 10.1 Å². The van der Waals surface area contributed by atoms with Gasteiger partial charge in [0.15, 0.2) is 0 Å². The zero-order valence-electron chi connectivity index (χ0n) is 13.8. The molecule has 0 heterocycles. The van der Waals surface area contributed by atoms with Gasteiger partial charge in [-0.2, -0.15) is 0 Å². The third-order valence-electron chi connectivity index (χ3n) is 7.29. The third-order valence-corrected chi connectivity index (χ3v) is 7.29. The Morgan fingerprint density at radius 3 is 2.10 bits per heavy atom. The molecule has 0 radical (unpaired) electrons. The van der Waals surface area contributed by atoms with Gasteiger partial charge in [-0.15, -0.1) is 0 Å². The Kier molecular flexibility index (Phi) is 4.04. The molecule has 1 N–H and O–H groups in total. The molecule has 1 unspecified atom stereocenters. The second-order valence-electron chi connectivity index (χ2n) is 8.81. The maximum atomic E-state index is 6.20. The molecule has 5 rings (SSSR count). The largest absolute Gasteiger partial charge is 0.380 e. The monoisotopic (exact) mass is 291 g/mol. The highest BCUT2D eigenvalue weighted by Crippen LogP contribution is 2.61. The van der Waals surface area contributed by atoms with Crippen molar-refractivity contribution in [3.05, 3.63) is 0 Å². The predicted octanol–water partition coefficient (Wildman–Crippen LogP) is 4.00. The summed E-state index contributed by atoms with van der Waals surface area (Å²) in [7, 11) is 2.17. The number of rotatable bonds is 6. The van der Waals surface area contributed by atoms with E-state index in [0.717, 1.165) is 36.9 Å². The minimum Gasteiger partial charge on any atom is -0.380 e. The van der Waals surface area contributed by atoms with Crippen LogP contribution in [0.4, 0.5) is 0 Å². The lowest BCUT2D eigenvalue weighted by Gasteiger charge is -2.59. The number of likely N-dealkylation sites (N-methyl/N-ethyl adjacent to an activating group) is 1. The smallest absolute Gasteiger partial charge is 0.0625 e. The molecule has 0 saturated heterocycles. The highest BCUT2D eigenvalue weighted by Gasteiger charge is 2.53. The Balaban J connectivity index is 1.36. The minimum absolute atomic E-state index is 0.583. The first kappa shape index (κ1) is 14.5. The van der Waals surface area contributed by atoms with Crippen molar-refractivity contribution in [1.82, 2.24) is 5.32 Å². The van der Waals surface area contributed by atoms with Gasteiger partial charge in [0.1, 0.15) is 0 Å². The number of hydrogen-bond donors (Lipinski definition) is 1. The zero-order valence-corrected chi connectivity index (χ0v) is 13.8. The molecule has 4 bridgehead atoms. The molecule has 1 atom stereocenters. The van der Waals surface area contributed by atoms with Gasteiger partial charge in [0, 0.05) is 12.6 Å². The zero-order chi connectivity index (χ0) is 14.3. The minimum atomic E-state index is 0.583. The van der Waals surface area contributed by atoms with Gasteiger partial charge in [0.25, 0.3) is 0 Å². The summed E-state index contributed by atoms with van der Waals surface area (Å²) in [6, 6.07) is 0.604. The van der Waals surface area contributed by atoms with E-state index in [-0.39, 0.29) is 0 Å². The van der Waals surface area contributed by atoms with Crippen LogP contribution in [0.3, 0.4) is 0 Å². The van der Waals surface area contributed by atoms with Crippen LogP contribution in [0.25, 0.3) is 0 Å². The lowest BCUT2D eigenvalue weighted by Crippen LogP contribution is -2.56. The molecular weight excluding hydrogens is 258 g/mol. The molecule has 21 heavy (non-hydrogen) atoms. The van der Waals surface area contributed by atoms with E-state index >= 15 is 0 Å². The summed E-state index contributed by atoms with van der Waals surface area (Å²) in [4.78, 5) is 0. The SMILES string of the molecule is CNC(COCC1CCCC1)C12CC3CC(CC(C3)C1)C2. The summed E-state index contributed by atoms with van der Waals surface area (Å²) in [5.41, 5.74) is 0.583. The van der Waals surface area contributed by atoms with Crippen LogP contribution in [-0.4, -0.2) is 26.3 Å². The number of hydrogen-bond acceptors (Lipinski definition) is 2. The van der Waals surface area contributed by atoms with Crippen molar-refractivity contribution in [3.63, 3.8) is 0 Å². The standard InChI is InChI=1S/C19H33NO/c1-20-18(13-21-12-14-4-2-3-5-14)19-9-15-6-16(10-19)8-17(7-15)11-19/h14-18,20H,2-13H2,1H3. The predicted molar refractivity (Wildman–Crippen MR) is 86.2 cm³/mol. The Bertz CT molecular complexity index is 325. The molecule has 0 aromatic rings. The molecule has 5 aliphatic carbocycles. The molecule has 0 amide bonds. The molecule has 0 aromatic heterocycles. The van der Waals surface area contributed by atoms with Crippen LogP contribution in [0.1, 0.15) is 64.2 Å². The van der Waals surface area contributed by atoms with Crippen LogP contribution in [-0.2, 0) is 4.74 Å². The van der Waals surface area contributed by atoms with Crippen molar-refractivity contribution < 1.29 is 4.74 Å². The summed E-state index contributed by atoms with van der Waals surface area (Å²) in [6.07, 6.45) is 14.7. The highest BCUT2D eigenvalue weighted by molar-refractivity contribution is 5.06. The van der Waals surface area contributed by atoms with Crippen molar-refractivity contribution in [2.24, 2.45) is 29.1 Å². The third kappa shape index (κ3) is 2.79. The summed E-state index contributed by atoms with van der Waals surface area (Å²) in [6.45, 7) is 1.98. The highest BCUT2D eigenvalue weighted by atomic mass is 16.5.